The van der Waals surface area contributed by atoms with Gasteiger partial charge in [-0.25, -0.2) is 9.78 Å². The van der Waals surface area contributed by atoms with Crippen LogP contribution in [0.15, 0.2) is 78.0 Å². The summed E-state index contributed by atoms with van der Waals surface area (Å²) >= 11 is 1.63. The molecule has 4 rings (SSSR count). The number of ether oxygens (including phenoxy) is 1. The van der Waals surface area contributed by atoms with Gasteiger partial charge in [-0.2, -0.15) is 0 Å². The number of nitrogens with one attached hydrogen (secondary N) is 1. The van der Waals surface area contributed by atoms with E-state index in [9.17, 15) is 9.59 Å². The zero-order valence-electron chi connectivity index (χ0n) is 15.9. The SMILES string of the molecule is CC1(C(=O)Nc2cccc(CSc3ccccn3)c2)Cc2ccccc2C(=O)O1. The van der Waals surface area contributed by atoms with Crippen LogP contribution in [0, 0.1) is 0 Å². The Morgan fingerprint density at radius 2 is 1.97 bits per heavy atom. The lowest BCUT2D eigenvalue weighted by Crippen LogP contribution is -2.48. The molecule has 0 saturated carbocycles. The van der Waals surface area contributed by atoms with E-state index >= 15 is 0 Å². The van der Waals surface area contributed by atoms with E-state index in [1.807, 2.05) is 54.6 Å². The second-order valence-electron chi connectivity index (χ2n) is 7.07. The highest BCUT2D eigenvalue weighted by Crippen LogP contribution is 2.29. The fraction of sp³-hybridized carbons (Fsp3) is 0.174. The Morgan fingerprint density at radius 3 is 2.79 bits per heavy atom. The number of esters is 1. The molecule has 1 N–H and O–H groups in total. The van der Waals surface area contributed by atoms with E-state index in [4.69, 9.17) is 4.74 Å². The molecular weight excluding hydrogens is 384 g/mol. The molecule has 2 aromatic carbocycles. The Labute approximate surface area is 173 Å². The first-order valence-electron chi connectivity index (χ1n) is 9.29. The molecule has 3 aromatic rings. The van der Waals surface area contributed by atoms with E-state index in [0.717, 1.165) is 21.9 Å². The van der Waals surface area contributed by atoms with Crippen molar-refractivity contribution >= 4 is 29.3 Å². The minimum Gasteiger partial charge on any atom is -0.445 e. The first-order valence-corrected chi connectivity index (χ1v) is 10.3. The fourth-order valence-electron chi connectivity index (χ4n) is 3.25. The molecule has 2 heterocycles. The molecule has 1 amide bonds. The molecule has 1 aliphatic rings. The predicted molar refractivity (Wildman–Crippen MR) is 113 cm³/mol. The third-order valence-electron chi connectivity index (χ3n) is 4.77. The van der Waals surface area contributed by atoms with Gasteiger partial charge in [-0.05, 0) is 48.4 Å². The topological polar surface area (TPSA) is 68.3 Å². The maximum absolute atomic E-state index is 12.9. The van der Waals surface area contributed by atoms with Gasteiger partial charge in [0.2, 0.25) is 0 Å². The fourth-order valence-corrected chi connectivity index (χ4v) is 4.06. The number of nitrogens with zero attached hydrogens (tertiary/aromatic N) is 1. The van der Waals surface area contributed by atoms with Gasteiger partial charge in [0.05, 0.1) is 10.6 Å². The van der Waals surface area contributed by atoms with E-state index in [-0.39, 0.29) is 5.91 Å². The van der Waals surface area contributed by atoms with Crippen LogP contribution in [0.4, 0.5) is 5.69 Å². The summed E-state index contributed by atoms with van der Waals surface area (Å²) < 4.78 is 5.51. The van der Waals surface area contributed by atoms with Crippen LogP contribution in [0.5, 0.6) is 0 Å². The number of thioether (sulfide) groups is 1. The second-order valence-corrected chi connectivity index (χ2v) is 8.06. The summed E-state index contributed by atoms with van der Waals surface area (Å²) in [6.45, 7) is 1.65. The molecule has 1 aliphatic heterocycles. The average molecular weight is 404 g/mol. The smallest absolute Gasteiger partial charge is 0.339 e. The number of pyridine rings is 1. The summed E-state index contributed by atoms with van der Waals surface area (Å²) in [5.74, 6) is -0.0692. The van der Waals surface area contributed by atoms with E-state index in [1.165, 1.54) is 0 Å². The van der Waals surface area contributed by atoms with Gasteiger partial charge in [-0.3, -0.25) is 4.79 Å². The number of hydrogen-bond donors (Lipinski definition) is 1. The number of benzene rings is 2. The van der Waals surface area contributed by atoms with Crippen LogP contribution in [0.1, 0.15) is 28.4 Å². The molecule has 1 atom stereocenters. The molecule has 0 aliphatic carbocycles. The van der Waals surface area contributed by atoms with Crippen molar-refractivity contribution in [2.45, 2.75) is 29.7 Å². The van der Waals surface area contributed by atoms with Crippen molar-refractivity contribution in [3.8, 4) is 0 Å². The second kappa shape index (κ2) is 8.09. The lowest BCUT2D eigenvalue weighted by Gasteiger charge is -2.33. The van der Waals surface area contributed by atoms with Crippen molar-refractivity contribution in [2.75, 3.05) is 5.32 Å². The quantitative estimate of drug-likeness (QED) is 0.501. The summed E-state index contributed by atoms with van der Waals surface area (Å²) in [5, 5.41) is 3.85. The van der Waals surface area contributed by atoms with Crippen LogP contribution in [0.25, 0.3) is 0 Å². The van der Waals surface area contributed by atoms with Crippen LogP contribution < -0.4 is 5.32 Å². The molecule has 6 heteroatoms. The molecular formula is C23H20N2O3S. The number of amides is 1. The van der Waals surface area contributed by atoms with Gasteiger partial charge in [0.15, 0.2) is 5.60 Å². The van der Waals surface area contributed by atoms with Crippen LogP contribution in [0.3, 0.4) is 0 Å². The van der Waals surface area contributed by atoms with Crippen molar-refractivity contribution in [1.29, 1.82) is 0 Å². The Balaban J connectivity index is 1.45. The summed E-state index contributed by atoms with van der Waals surface area (Å²) in [7, 11) is 0. The number of fused-ring (bicyclic) bond motifs is 1. The van der Waals surface area contributed by atoms with Crippen LogP contribution in [-0.2, 0) is 21.7 Å². The summed E-state index contributed by atoms with van der Waals surface area (Å²) in [4.78, 5) is 29.6. The van der Waals surface area contributed by atoms with Crippen LogP contribution in [0.2, 0.25) is 0 Å². The van der Waals surface area contributed by atoms with E-state index in [1.54, 1.807) is 37.0 Å². The standard InChI is InChI=1S/C23H20N2O3S/c1-23(14-17-8-2-3-10-19(17)21(26)28-23)22(27)25-18-9-6-7-16(13-18)15-29-20-11-4-5-12-24-20/h2-13H,14-15H2,1H3,(H,25,27). The average Bonchev–Trinajstić information content (AvgIpc) is 2.73. The van der Waals surface area contributed by atoms with E-state index < -0.39 is 11.6 Å². The third kappa shape index (κ3) is 4.32. The van der Waals surface area contributed by atoms with E-state index in [2.05, 4.69) is 10.3 Å². The van der Waals surface area contributed by atoms with Crippen molar-refractivity contribution in [3.63, 3.8) is 0 Å². The molecule has 0 fully saturated rings. The minimum absolute atomic E-state index is 0.338. The lowest BCUT2D eigenvalue weighted by atomic mass is 9.89. The van der Waals surface area contributed by atoms with Crippen LogP contribution >= 0.6 is 11.8 Å². The Hall–Kier alpha value is -3.12. The first-order chi connectivity index (χ1) is 14.0. The Bertz CT molecular complexity index is 1050. The summed E-state index contributed by atoms with van der Waals surface area (Å²) in [6.07, 6.45) is 2.11. The minimum atomic E-state index is -1.25. The normalized spacial score (nSPS) is 17.9. The number of rotatable bonds is 5. The molecule has 0 saturated heterocycles. The predicted octanol–water partition coefficient (Wildman–Crippen LogP) is 4.48. The van der Waals surface area contributed by atoms with Gasteiger partial charge in [-0.15, -0.1) is 11.8 Å². The highest BCUT2D eigenvalue weighted by atomic mass is 32.2. The van der Waals surface area contributed by atoms with Crippen molar-refractivity contribution in [3.05, 3.63) is 89.6 Å². The van der Waals surface area contributed by atoms with E-state index in [0.29, 0.717) is 17.7 Å². The Kier molecular flexibility index (Phi) is 5.36. The number of carbonyl (C=O) groups is 2. The van der Waals surface area contributed by atoms with Crippen molar-refractivity contribution in [2.24, 2.45) is 0 Å². The molecule has 29 heavy (non-hydrogen) atoms. The maximum Gasteiger partial charge on any atom is 0.339 e. The zero-order valence-corrected chi connectivity index (χ0v) is 16.7. The molecule has 0 radical (unpaired) electrons. The number of aromatic nitrogens is 1. The van der Waals surface area contributed by atoms with Gasteiger partial charge >= 0.3 is 5.97 Å². The van der Waals surface area contributed by atoms with Gasteiger partial charge < -0.3 is 10.1 Å². The highest BCUT2D eigenvalue weighted by molar-refractivity contribution is 7.98. The monoisotopic (exact) mass is 404 g/mol. The Morgan fingerprint density at radius 1 is 1.14 bits per heavy atom. The molecule has 1 aromatic heterocycles. The number of hydrogen-bond acceptors (Lipinski definition) is 5. The largest absolute Gasteiger partial charge is 0.445 e. The van der Waals surface area contributed by atoms with Gasteiger partial charge in [0.1, 0.15) is 0 Å². The maximum atomic E-state index is 12.9. The third-order valence-corrected chi connectivity index (χ3v) is 5.79. The molecule has 5 nitrogen and oxygen atoms in total. The number of carbonyl (C=O) groups excluding carboxylic acids is 2. The van der Waals surface area contributed by atoms with Gasteiger partial charge in [0, 0.05) is 24.1 Å². The zero-order chi connectivity index (χ0) is 20.3. The lowest BCUT2D eigenvalue weighted by molar-refractivity contribution is -0.134. The number of cyclic esters (lactones) is 1. The van der Waals surface area contributed by atoms with Crippen molar-refractivity contribution < 1.29 is 14.3 Å². The molecule has 146 valence electrons. The molecule has 0 bridgehead atoms. The summed E-state index contributed by atoms with van der Waals surface area (Å²) in [6, 6.07) is 20.7. The van der Waals surface area contributed by atoms with Gasteiger partial charge in [-0.1, -0.05) is 36.4 Å². The first kappa shape index (κ1) is 19.2. The molecule has 0 spiro atoms. The van der Waals surface area contributed by atoms with Gasteiger partial charge in [0.25, 0.3) is 5.91 Å². The number of anilines is 1. The highest BCUT2D eigenvalue weighted by Gasteiger charge is 2.42. The van der Waals surface area contributed by atoms with Crippen LogP contribution in [-0.4, -0.2) is 22.5 Å². The van der Waals surface area contributed by atoms with Crippen molar-refractivity contribution in [1.82, 2.24) is 4.98 Å². The summed E-state index contributed by atoms with van der Waals surface area (Å²) in [5.41, 5.74) is 1.83. The molecule has 1 unspecified atom stereocenters.